The second kappa shape index (κ2) is 8.22. The number of amides is 1. The van der Waals surface area contributed by atoms with E-state index in [4.69, 9.17) is 4.74 Å². The van der Waals surface area contributed by atoms with Crippen molar-refractivity contribution in [1.82, 2.24) is 14.8 Å². The first-order valence-corrected chi connectivity index (χ1v) is 9.13. The van der Waals surface area contributed by atoms with Gasteiger partial charge in [-0.05, 0) is 55.5 Å². The molecule has 0 fully saturated rings. The molecule has 140 valence electrons. The first kappa shape index (κ1) is 18.9. The summed E-state index contributed by atoms with van der Waals surface area (Å²) in [6.07, 6.45) is 0. The molecule has 1 amide bonds. The lowest BCUT2D eigenvalue weighted by Crippen LogP contribution is -2.22. The van der Waals surface area contributed by atoms with Gasteiger partial charge in [0.2, 0.25) is 5.91 Å². The van der Waals surface area contributed by atoms with Crippen molar-refractivity contribution in [3.05, 3.63) is 54.3 Å². The fourth-order valence-electron chi connectivity index (χ4n) is 2.40. The quantitative estimate of drug-likeness (QED) is 0.654. The monoisotopic (exact) mass is 386 g/mol. The first-order valence-electron chi connectivity index (χ1n) is 8.25. The van der Waals surface area contributed by atoms with E-state index in [9.17, 15) is 9.18 Å². The van der Waals surface area contributed by atoms with Gasteiger partial charge < -0.3 is 14.6 Å². The lowest BCUT2D eigenvalue weighted by atomic mass is 10.2. The topological polar surface area (TPSA) is 69.0 Å². The summed E-state index contributed by atoms with van der Waals surface area (Å²) >= 11 is 1.30. The van der Waals surface area contributed by atoms with E-state index in [2.05, 4.69) is 15.5 Å². The van der Waals surface area contributed by atoms with Crippen molar-refractivity contribution in [1.29, 1.82) is 0 Å². The number of aromatic nitrogens is 3. The third-order valence-electron chi connectivity index (χ3n) is 3.95. The molecule has 8 heteroatoms. The van der Waals surface area contributed by atoms with Crippen LogP contribution < -0.4 is 10.1 Å². The lowest BCUT2D eigenvalue weighted by Gasteiger charge is -2.11. The molecule has 27 heavy (non-hydrogen) atoms. The van der Waals surface area contributed by atoms with Gasteiger partial charge in [-0.15, -0.1) is 10.2 Å². The standard InChI is InChI=1S/C19H19FN4O2S/c1-12(18(25)21-15-8-6-14(20)7-9-15)27-19-23-22-17(24(19)2)13-4-10-16(26-3)11-5-13/h4-12H,1-3H3,(H,21,25)/t12-/m0/s1. The number of carbonyl (C=O) groups is 1. The Labute approximate surface area is 160 Å². The van der Waals surface area contributed by atoms with Gasteiger partial charge in [-0.2, -0.15) is 0 Å². The van der Waals surface area contributed by atoms with Gasteiger partial charge in [-0.1, -0.05) is 11.8 Å². The predicted octanol–water partition coefficient (Wildman–Crippen LogP) is 3.75. The van der Waals surface area contributed by atoms with Gasteiger partial charge in [-0.3, -0.25) is 4.79 Å². The molecule has 1 atom stereocenters. The molecule has 1 heterocycles. The Morgan fingerprint density at radius 3 is 2.44 bits per heavy atom. The van der Waals surface area contributed by atoms with Crippen molar-refractivity contribution in [2.75, 3.05) is 12.4 Å². The summed E-state index contributed by atoms with van der Waals surface area (Å²) in [5.74, 6) is 0.925. The summed E-state index contributed by atoms with van der Waals surface area (Å²) in [7, 11) is 3.47. The Kier molecular flexibility index (Phi) is 5.75. The van der Waals surface area contributed by atoms with E-state index in [1.54, 1.807) is 14.0 Å². The van der Waals surface area contributed by atoms with Crippen LogP contribution in [0.1, 0.15) is 6.92 Å². The Balaban J connectivity index is 1.68. The number of nitrogens with one attached hydrogen (secondary N) is 1. The molecular formula is C19H19FN4O2S. The highest BCUT2D eigenvalue weighted by atomic mass is 32.2. The second-order valence-electron chi connectivity index (χ2n) is 5.85. The minimum atomic E-state index is -0.401. The molecule has 0 aliphatic carbocycles. The van der Waals surface area contributed by atoms with E-state index in [1.807, 2.05) is 35.9 Å². The third-order valence-corrected chi connectivity index (χ3v) is 5.08. The Bertz CT molecular complexity index is 926. The molecule has 0 aliphatic heterocycles. The van der Waals surface area contributed by atoms with E-state index < -0.39 is 5.25 Å². The summed E-state index contributed by atoms with van der Waals surface area (Å²) in [5, 5.41) is 11.4. The third kappa shape index (κ3) is 4.46. The summed E-state index contributed by atoms with van der Waals surface area (Å²) in [6, 6.07) is 13.2. The number of halogens is 1. The molecule has 3 aromatic rings. The predicted molar refractivity (Wildman–Crippen MR) is 103 cm³/mol. The van der Waals surface area contributed by atoms with Gasteiger partial charge >= 0.3 is 0 Å². The van der Waals surface area contributed by atoms with Crippen molar-refractivity contribution in [2.45, 2.75) is 17.3 Å². The van der Waals surface area contributed by atoms with E-state index in [-0.39, 0.29) is 11.7 Å². The number of hydrogen-bond acceptors (Lipinski definition) is 5. The van der Waals surface area contributed by atoms with Crippen LogP contribution in [0.2, 0.25) is 0 Å². The normalized spacial score (nSPS) is 11.9. The molecule has 3 rings (SSSR count). The Morgan fingerprint density at radius 2 is 1.81 bits per heavy atom. The Hall–Kier alpha value is -2.87. The van der Waals surface area contributed by atoms with Gasteiger partial charge in [-0.25, -0.2) is 4.39 Å². The number of rotatable bonds is 6. The zero-order valence-electron chi connectivity index (χ0n) is 15.1. The number of thioether (sulfide) groups is 1. The number of nitrogens with zero attached hydrogens (tertiary/aromatic N) is 3. The van der Waals surface area contributed by atoms with Gasteiger partial charge in [0.05, 0.1) is 12.4 Å². The number of hydrogen-bond donors (Lipinski definition) is 1. The molecule has 1 aromatic heterocycles. The number of anilines is 1. The summed E-state index contributed by atoms with van der Waals surface area (Å²) < 4.78 is 20.0. The molecule has 0 bridgehead atoms. The van der Waals surface area contributed by atoms with E-state index in [0.29, 0.717) is 16.7 Å². The molecule has 2 aromatic carbocycles. The van der Waals surface area contributed by atoms with Crippen LogP contribution in [-0.2, 0) is 11.8 Å². The maximum absolute atomic E-state index is 13.0. The first-order chi connectivity index (χ1) is 13.0. The van der Waals surface area contributed by atoms with Crippen molar-refractivity contribution in [3.63, 3.8) is 0 Å². The SMILES string of the molecule is COc1ccc(-c2nnc(S[C@@H](C)C(=O)Nc3ccc(F)cc3)n2C)cc1. The van der Waals surface area contributed by atoms with Gasteiger partial charge in [0.15, 0.2) is 11.0 Å². The van der Waals surface area contributed by atoms with Crippen LogP contribution in [0.3, 0.4) is 0 Å². The summed E-state index contributed by atoms with van der Waals surface area (Å²) in [6.45, 7) is 1.78. The van der Waals surface area contributed by atoms with Crippen molar-refractivity contribution in [3.8, 4) is 17.1 Å². The van der Waals surface area contributed by atoms with E-state index in [1.165, 1.54) is 36.0 Å². The highest BCUT2D eigenvalue weighted by Crippen LogP contribution is 2.27. The van der Waals surface area contributed by atoms with Crippen molar-refractivity contribution in [2.24, 2.45) is 7.05 Å². The maximum Gasteiger partial charge on any atom is 0.237 e. The van der Waals surface area contributed by atoms with Crippen LogP contribution >= 0.6 is 11.8 Å². The number of methoxy groups -OCH3 is 1. The van der Waals surface area contributed by atoms with Crippen LogP contribution in [-0.4, -0.2) is 33.0 Å². The molecule has 0 aliphatic rings. The molecular weight excluding hydrogens is 367 g/mol. The highest BCUT2D eigenvalue weighted by Gasteiger charge is 2.19. The zero-order valence-corrected chi connectivity index (χ0v) is 16.0. The lowest BCUT2D eigenvalue weighted by molar-refractivity contribution is -0.115. The molecule has 6 nitrogen and oxygen atoms in total. The number of carbonyl (C=O) groups excluding carboxylic acids is 1. The fraction of sp³-hybridized carbons (Fsp3) is 0.211. The second-order valence-corrected chi connectivity index (χ2v) is 7.16. The zero-order chi connectivity index (χ0) is 19.4. The van der Waals surface area contributed by atoms with E-state index in [0.717, 1.165) is 11.3 Å². The van der Waals surface area contributed by atoms with Crippen LogP contribution in [0.5, 0.6) is 5.75 Å². The molecule has 0 radical (unpaired) electrons. The van der Waals surface area contributed by atoms with Crippen molar-refractivity contribution < 1.29 is 13.9 Å². The smallest absolute Gasteiger partial charge is 0.237 e. The molecule has 0 saturated carbocycles. The average molecular weight is 386 g/mol. The van der Waals surface area contributed by atoms with Crippen LogP contribution in [0.4, 0.5) is 10.1 Å². The molecule has 0 unspecified atom stereocenters. The fourth-order valence-corrected chi connectivity index (χ4v) is 3.21. The maximum atomic E-state index is 13.0. The average Bonchev–Trinajstić information content (AvgIpc) is 3.04. The van der Waals surface area contributed by atoms with E-state index >= 15 is 0 Å². The van der Waals surface area contributed by atoms with Crippen LogP contribution in [0.25, 0.3) is 11.4 Å². The van der Waals surface area contributed by atoms with Crippen LogP contribution in [0, 0.1) is 5.82 Å². The molecule has 0 spiro atoms. The van der Waals surface area contributed by atoms with Gasteiger partial charge in [0.1, 0.15) is 11.6 Å². The summed E-state index contributed by atoms with van der Waals surface area (Å²) in [4.78, 5) is 12.4. The minimum Gasteiger partial charge on any atom is -0.497 e. The van der Waals surface area contributed by atoms with Crippen LogP contribution in [0.15, 0.2) is 53.7 Å². The number of benzene rings is 2. The minimum absolute atomic E-state index is 0.194. The Morgan fingerprint density at radius 1 is 1.15 bits per heavy atom. The number of ether oxygens (including phenoxy) is 1. The van der Waals surface area contributed by atoms with Crippen molar-refractivity contribution >= 4 is 23.4 Å². The molecule has 1 N–H and O–H groups in total. The highest BCUT2D eigenvalue weighted by molar-refractivity contribution is 8.00. The summed E-state index contributed by atoms with van der Waals surface area (Å²) in [5.41, 5.74) is 1.45. The van der Waals surface area contributed by atoms with Gasteiger partial charge in [0.25, 0.3) is 0 Å². The largest absolute Gasteiger partial charge is 0.497 e. The molecule has 0 saturated heterocycles. The van der Waals surface area contributed by atoms with Gasteiger partial charge in [0, 0.05) is 18.3 Å².